The molecule has 1 aromatic heterocycles. The lowest BCUT2D eigenvalue weighted by molar-refractivity contribution is -0.115. The lowest BCUT2D eigenvalue weighted by Gasteiger charge is -2.19. The number of hydrogen-bond acceptors (Lipinski definition) is 4. The van der Waals surface area contributed by atoms with Gasteiger partial charge < -0.3 is 19.8 Å². The van der Waals surface area contributed by atoms with Crippen molar-refractivity contribution in [1.29, 1.82) is 0 Å². The number of ether oxygens (including phenoxy) is 2. The lowest BCUT2D eigenvalue weighted by atomic mass is 10.1. The molecule has 6 nitrogen and oxygen atoms in total. The molecule has 2 aromatic carbocycles. The molecule has 0 spiro atoms. The van der Waals surface area contributed by atoms with E-state index in [1.807, 2.05) is 37.3 Å². The number of fused-ring (bicyclic) bond motifs is 2. The number of nitrogens with zero attached hydrogens (tertiary/aromatic N) is 1. The summed E-state index contributed by atoms with van der Waals surface area (Å²) in [4.78, 5) is 19.8. The predicted molar refractivity (Wildman–Crippen MR) is 90.6 cm³/mol. The van der Waals surface area contributed by atoms with E-state index in [1.54, 1.807) is 6.07 Å². The Morgan fingerprint density at radius 2 is 2.00 bits per heavy atom. The van der Waals surface area contributed by atoms with E-state index < -0.39 is 0 Å². The van der Waals surface area contributed by atoms with Crippen molar-refractivity contribution < 1.29 is 14.3 Å². The number of H-pyrrole nitrogens is 1. The molecule has 0 unspecified atom stereocenters. The molecule has 0 fully saturated rings. The van der Waals surface area contributed by atoms with Crippen molar-refractivity contribution in [2.45, 2.75) is 13.3 Å². The summed E-state index contributed by atoms with van der Waals surface area (Å²) in [5, 5.41) is 2.89. The first-order valence-corrected chi connectivity index (χ1v) is 7.82. The highest BCUT2D eigenvalue weighted by Crippen LogP contribution is 2.32. The Balaban J connectivity index is 1.47. The van der Waals surface area contributed by atoms with Gasteiger partial charge in [-0.3, -0.25) is 4.79 Å². The summed E-state index contributed by atoms with van der Waals surface area (Å²) in [5.41, 5.74) is 3.48. The van der Waals surface area contributed by atoms with Gasteiger partial charge in [0.15, 0.2) is 11.5 Å². The SMILES string of the molecule is Cc1nc2ccc(CC(=O)Nc3ccc4c(c3)OCCO4)cc2[nH]1. The van der Waals surface area contributed by atoms with E-state index in [1.165, 1.54) is 0 Å². The summed E-state index contributed by atoms with van der Waals surface area (Å²) in [6.45, 7) is 2.98. The lowest BCUT2D eigenvalue weighted by Crippen LogP contribution is -2.17. The number of anilines is 1. The van der Waals surface area contributed by atoms with Crippen LogP contribution in [0.15, 0.2) is 36.4 Å². The maximum Gasteiger partial charge on any atom is 0.228 e. The third-order valence-corrected chi connectivity index (χ3v) is 3.86. The highest BCUT2D eigenvalue weighted by atomic mass is 16.6. The standard InChI is InChI=1S/C18H17N3O3/c1-11-19-14-4-2-12(8-15(14)20-11)9-18(22)21-13-3-5-16-17(10-13)24-7-6-23-16/h2-5,8,10H,6-7,9H2,1H3,(H,19,20)(H,21,22). The van der Waals surface area contributed by atoms with Gasteiger partial charge in [0.2, 0.25) is 5.91 Å². The topological polar surface area (TPSA) is 76.2 Å². The predicted octanol–water partition coefficient (Wildman–Crippen LogP) is 2.82. The summed E-state index contributed by atoms with van der Waals surface area (Å²) in [6.07, 6.45) is 0.294. The van der Waals surface area contributed by atoms with Crippen LogP contribution in [0.4, 0.5) is 5.69 Å². The number of aryl methyl sites for hydroxylation is 1. The third-order valence-electron chi connectivity index (χ3n) is 3.86. The monoisotopic (exact) mass is 323 g/mol. The molecule has 0 bridgehead atoms. The van der Waals surface area contributed by atoms with E-state index in [0.29, 0.717) is 36.8 Å². The van der Waals surface area contributed by atoms with E-state index in [-0.39, 0.29) is 5.91 Å². The van der Waals surface area contributed by atoms with Gasteiger partial charge in [-0.25, -0.2) is 4.98 Å². The van der Waals surface area contributed by atoms with Gasteiger partial charge in [-0.15, -0.1) is 0 Å². The fourth-order valence-electron chi connectivity index (χ4n) is 2.81. The first-order valence-electron chi connectivity index (χ1n) is 7.82. The van der Waals surface area contributed by atoms with Gasteiger partial charge in [0.1, 0.15) is 19.0 Å². The van der Waals surface area contributed by atoms with Crippen LogP contribution in [0.25, 0.3) is 11.0 Å². The number of imidazole rings is 1. The quantitative estimate of drug-likeness (QED) is 0.777. The molecule has 3 aromatic rings. The smallest absolute Gasteiger partial charge is 0.228 e. The number of aromatic nitrogens is 2. The number of hydrogen-bond donors (Lipinski definition) is 2. The molecule has 0 atom stereocenters. The average Bonchev–Trinajstić information content (AvgIpc) is 2.94. The Morgan fingerprint density at radius 1 is 1.17 bits per heavy atom. The fourth-order valence-corrected chi connectivity index (χ4v) is 2.81. The first-order chi connectivity index (χ1) is 11.7. The molecule has 1 aliphatic rings. The first kappa shape index (κ1) is 14.6. The highest BCUT2D eigenvalue weighted by molar-refractivity contribution is 5.93. The van der Waals surface area contributed by atoms with E-state index in [4.69, 9.17) is 9.47 Å². The molecule has 24 heavy (non-hydrogen) atoms. The fraction of sp³-hybridized carbons (Fsp3) is 0.222. The molecule has 6 heteroatoms. The van der Waals surface area contributed by atoms with Gasteiger partial charge in [-0.05, 0) is 36.8 Å². The second-order valence-corrected chi connectivity index (χ2v) is 5.76. The van der Waals surface area contributed by atoms with Crippen molar-refractivity contribution in [1.82, 2.24) is 9.97 Å². The van der Waals surface area contributed by atoms with Crippen LogP contribution in [0.2, 0.25) is 0 Å². The number of carbonyl (C=O) groups excluding carboxylic acids is 1. The minimum Gasteiger partial charge on any atom is -0.486 e. The summed E-state index contributed by atoms with van der Waals surface area (Å²) in [5.74, 6) is 2.15. The zero-order valence-corrected chi connectivity index (χ0v) is 13.3. The molecule has 1 aliphatic heterocycles. The van der Waals surface area contributed by atoms with Crippen LogP contribution in [0.3, 0.4) is 0 Å². The van der Waals surface area contributed by atoms with E-state index >= 15 is 0 Å². The Kier molecular flexibility index (Phi) is 3.57. The van der Waals surface area contributed by atoms with Gasteiger partial charge in [0, 0.05) is 11.8 Å². The number of benzene rings is 2. The molecule has 0 aliphatic carbocycles. The zero-order valence-electron chi connectivity index (χ0n) is 13.3. The van der Waals surface area contributed by atoms with Crippen molar-refractivity contribution in [2.24, 2.45) is 0 Å². The molecule has 4 rings (SSSR count). The van der Waals surface area contributed by atoms with Crippen molar-refractivity contribution in [3.63, 3.8) is 0 Å². The third kappa shape index (κ3) is 2.90. The zero-order chi connectivity index (χ0) is 16.5. The average molecular weight is 323 g/mol. The van der Waals surface area contributed by atoms with Crippen LogP contribution in [0, 0.1) is 6.92 Å². The number of nitrogens with one attached hydrogen (secondary N) is 2. The van der Waals surface area contributed by atoms with Gasteiger partial charge in [0.25, 0.3) is 0 Å². The maximum absolute atomic E-state index is 12.3. The van der Waals surface area contributed by atoms with Crippen molar-refractivity contribution in [2.75, 3.05) is 18.5 Å². The van der Waals surface area contributed by atoms with Gasteiger partial charge >= 0.3 is 0 Å². The normalized spacial score (nSPS) is 13.0. The number of rotatable bonds is 3. The largest absolute Gasteiger partial charge is 0.486 e. The molecule has 0 saturated heterocycles. The summed E-state index contributed by atoms with van der Waals surface area (Å²) in [7, 11) is 0. The summed E-state index contributed by atoms with van der Waals surface area (Å²) < 4.78 is 11.0. The molecular weight excluding hydrogens is 306 g/mol. The van der Waals surface area contributed by atoms with Crippen molar-refractivity contribution in [3.8, 4) is 11.5 Å². The van der Waals surface area contributed by atoms with Crippen molar-refractivity contribution in [3.05, 3.63) is 47.8 Å². The summed E-state index contributed by atoms with van der Waals surface area (Å²) >= 11 is 0. The molecule has 0 saturated carbocycles. The van der Waals surface area contributed by atoms with Gasteiger partial charge in [0.05, 0.1) is 17.5 Å². The Hall–Kier alpha value is -3.02. The molecule has 0 radical (unpaired) electrons. The Morgan fingerprint density at radius 3 is 2.88 bits per heavy atom. The molecular formula is C18H17N3O3. The number of aromatic amines is 1. The molecule has 2 N–H and O–H groups in total. The van der Waals surface area contributed by atoms with Crippen molar-refractivity contribution >= 4 is 22.6 Å². The molecule has 2 heterocycles. The second-order valence-electron chi connectivity index (χ2n) is 5.76. The highest BCUT2D eigenvalue weighted by Gasteiger charge is 2.13. The minimum atomic E-state index is -0.0812. The Bertz CT molecular complexity index is 917. The minimum absolute atomic E-state index is 0.0812. The summed E-state index contributed by atoms with van der Waals surface area (Å²) in [6, 6.07) is 11.2. The molecule has 1 amide bonds. The van der Waals surface area contributed by atoms with E-state index in [9.17, 15) is 4.79 Å². The van der Waals surface area contributed by atoms with Gasteiger partial charge in [-0.1, -0.05) is 6.07 Å². The van der Waals surface area contributed by atoms with Crippen LogP contribution >= 0.6 is 0 Å². The van der Waals surface area contributed by atoms with Crippen LogP contribution in [-0.2, 0) is 11.2 Å². The van der Waals surface area contributed by atoms with E-state index in [2.05, 4.69) is 15.3 Å². The van der Waals surface area contributed by atoms with Crippen LogP contribution in [-0.4, -0.2) is 29.1 Å². The molecule has 122 valence electrons. The van der Waals surface area contributed by atoms with E-state index in [0.717, 1.165) is 22.4 Å². The number of carbonyl (C=O) groups is 1. The second kappa shape index (κ2) is 5.88. The van der Waals surface area contributed by atoms with Crippen LogP contribution in [0.1, 0.15) is 11.4 Å². The van der Waals surface area contributed by atoms with Crippen LogP contribution in [0.5, 0.6) is 11.5 Å². The van der Waals surface area contributed by atoms with Crippen LogP contribution < -0.4 is 14.8 Å². The number of amides is 1. The Labute approximate surface area is 138 Å². The maximum atomic E-state index is 12.3. The van der Waals surface area contributed by atoms with Gasteiger partial charge in [-0.2, -0.15) is 0 Å².